The van der Waals surface area contributed by atoms with E-state index in [1.807, 2.05) is 31.4 Å². The van der Waals surface area contributed by atoms with Gasteiger partial charge in [0.25, 0.3) is 0 Å². The van der Waals surface area contributed by atoms with Crippen molar-refractivity contribution < 1.29 is 22.7 Å². The van der Waals surface area contributed by atoms with E-state index in [2.05, 4.69) is 10.0 Å². The minimum Gasteiger partial charge on any atom is -0.376 e. The lowest BCUT2D eigenvalue weighted by molar-refractivity contribution is -0.142. The minimum absolute atomic E-state index is 0.0131. The minimum atomic E-state index is -3.85. The summed E-state index contributed by atoms with van der Waals surface area (Å²) in [6.07, 6.45) is 1.85. The van der Waals surface area contributed by atoms with Gasteiger partial charge in [-0.1, -0.05) is 38.1 Å². The van der Waals surface area contributed by atoms with E-state index in [-0.39, 0.29) is 29.4 Å². The fraction of sp³-hybridized carbons (Fsp3) is 0.478. The molecule has 0 aliphatic carbocycles. The molecular weight excluding hydrogens is 462 g/mol. The Morgan fingerprint density at radius 1 is 1.18 bits per heavy atom. The second kappa shape index (κ2) is 11.7. The number of carbonyl (C=O) groups is 2. The van der Waals surface area contributed by atoms with Crippen LogP contribution in [0.5, 0.6) is 0 Å². The highest BCUT2D eigenvalue weighted by molar-refractivity contribution is 7.89. The van der Waals surface area contributed by atoms with E-state index in [4.69, 9.17) is 4.74 Å². The number of sulfonamides is 1. The highest BCUT2D eigenvalue weighted by Gasteiger charge is 2.33. The van der Waals surface area contributed by atoms with E-state index in [9.17, 15) is 18.0 Å². The zero-order valence-corrected chi connectivity index (χ0v) is 20.5. The largest absolute Gasteiger partial charge is 0.376 e. The predicted molar refractivity (Wildman–Crippen MR) is 127 cm³/mol. The molecule has 8 nitrogen and oxygen atoms in total. The number of nitrogens with zero attached hydrogens (tertiary/aromatic N) is 1. The summed E-state index contributed by atoms with van der Waals surface area (Å²) in [4.78, 5) is 28.9. The summed E-state index contributed by atoms with van der Waals surface area (Å²) in [7, 11) is -3.85. The summed E-state index contributed by atoms with van der Waals surface area (Å²) < 4.78 is 33.1. The van der Waals surface area contributed by atoms with Crippen LogP contribution in [0.3, 0.4) is 0 Å². The Hall–Kier alpha value is -2.27. The lowest BCUT2D eigenvalue weighted by atomic mass is 10.0. The third-order valence-corrected chi connectivity index (χ3v) is 7.74. The molecule has 1 aromatic carbocycles. The van der Waals surface area contributed by atoms with Crippen LogP contribution in [-0.4, -0.2) is 57.0 Å². The number of carbonyl (C=O) groups excluding carboxylic acids is 2. The molecule has 2 heterocycles. The zero-order valence-electron chi connectivity index (χ0n) is 18.9. The lowest BCUT2D eigenvalue weighted by Crippen LogP contribution is -2.54. The summed E-state index contributed by atoms with van der Waals surface area (Å²) in [5.41, 5.74) is 0. The van der Waals surface area contributed by atoms with Crippen LogP contribution in [0.2, 0.25) is 0 Å². The van der Waals surface area contributed by atoms with E-state index >= 15 is 0 Å². The van der Waals surface area contributed by atoms with Crippen LogP contribution < -0.4 is 10.0 Å². The Balaban J connectivity index is 1.74. The number of amides is 2. The second-order valence-corrected chi connectivity index (χ2v) is 11.1. The number of nitrogens with one attached hydrogen (secondary N) is 2. The van der Waals surface area contributed by atoms with Gasteiger partial charge in [0.1, 0.15) is 6.04 Å². The molecule has 3 rings (SSSR count). The number of hydrogen-bond acceptors (Lipinski definition) is 6. The van der Waals surface area contributed by atoms with Crippen molar-refractivity contribution in [3.05, 3.63) is 52.7 Å². The van der Waals surface area contributed by atoms with Crippen molar-refractivity contribution in [2.45, 2.75) is 50.3 Å². The van der Waals surface area contributed by atoms with Gasteiger partial charge in [-0.3, -0.25) is 9.59 Å². The van der Waals surface area contributed by atoms with Gasteiger partial charge in [-0.05, 0) is 42.3 Å². The van der Waals surface area contributed by atoms with E-state index in [1.165, 1.54) is 28.4 Å². The summed E-state index contributed by atoms with van der Waals surface area (Å²) in [5, 5.41) is 4.83. The quantitative estimate of drug-likeness (QED) is 0.500. The predicted octanol–water partition coefficient (Wildman–Crippen LogP) is 2.38. The first-order chi connectivity index (χ1) is 15.8. The first-order valence-electron chi connectivity index (χ1n) is 11.0. The Bertz CT molecular complexity index is 1000. The van der Waals surface area contributed by atoms with Crippen LogP contribution in [-0.2, 0) is 30.9 Å². The Morgan fingerprint density at radius 3 is 2.55 bits per heavy atom. The van der Waals surface area contributed by atoms with E-state index in [0.717, 1.165) is 17.7 Å². The molecule has 0 spiro atoms. The Morgan fingerprint density at radius 2 is 1.94 bits per heavy atom. The smallest absolute Gasteiger partial charge is 0.243 e. The summed E-state index contributed by atoms with van der Waals surface area (Å²) in [6.45, 7) is 4.62. The number of hydrogen-bond donors (Lipinski definition) is 2. The van der Waals surface area contributed by atoms with Crippen LogP contribution in [0, 0.1) is 5.92 Å². The van der Waals surface area contributed by atoms with Gasteiger partial charge in [-0.2, -0.15) is 0 Å². The van der Waals surface area contributed by atoms with Crippen molar-refractivity contribution in [3.63, 3.8) is 0 Å². The van der Waals surface area contributed by atoms with E-state index in [1.54, 1.807) is 18.2 Å². The summed E-state index contributed by atoms with van der Waals surface area (Å²) in [6, 6.07) is 10.9. The maximum absolute atomic E-state index is 13.3. The molecule has 1 saturated heterocycles. The molecule has 1 aliphatic rings. The number of ether oxygens (including phenoxy) is 1. The van der Waals surface area contributed by atoms with Gasteiger partial charge in [0, 0.05) is 18.0 Å². The van der Waals surface area contributed by atoms with Crippen molar-refractivity contribution in [2.24, 2.45) is 5.92 Å². The van der Waals surface area contributed by atoms with Gasteiger partial charge >= 0.3 is 0 Å². The van der Waals surface area contributed by atoms with Crippen LogP contribution in [0.15, 0.2) is 52.7 Å². The molecule has 0 radical (unpaired) electrons. The standard InChI is InChI=1S/C23H31N3O5S2/c1-17(2)22(23(28)24-14-18-8-6-12-31-18)26(16-19-9-7-13-32-19)21(27)15-25-33(29,30)20-10-4-3-5-11-20/h3-5,7,9-11,13,17-18,22,25H,6,8,12,14-16H2,1-2H3,(H,24,28)/t18-,22-/m1/s1. The third kappa shape index (κ3) is 7.10. The molecule has 0 saturated carbocycles. The normalized spacial score (nSPS) is 17.1. The fourth-order valence-corrected chi connectivity index (χ4v) is 5.48. The van der Waals surface area contributed by atoms with Crippen molar-refractivity contribution in [1.82, 2.24) is 14.9 Å². The van der Waals surface area contributed by atoms with Gasteiger partial charge in [0.2, 0.25) is 21.8 Å². The van der Waals surface area contributed by atoms with Gasteiger partial charge in [-0.25, -0.2) is 13.1 Å². The Kier molecular flexibility index (Phi) is 9.02. The molecule has 2 aromatic rings. The maximum atomic E-state index is 13.3. The molecule has 2 atom stereocenters. The van der Waals surface area contributed by atoms with Gasteiger partial charge in [-0.15, -0.1) is 11.3 Å². The molecule has 33 heavy (non-hydrogen) atoms. The van der Waals surface area contributed by atoms with E-state index in [0.29, 0.717) is 13.2 Å². The summed E-state index contributed by atoms with van der Waals surface area (Å²) in [5.74, 6) is -0.908. The maximum Gasteiger partial charge on any atom is 0.243 e. The van der Waals surface area contributed by atoms with Crippen molar-refractivity contribution in [3.8, 4) is 0 Å². The molecule has 180 valence electrons. The molecular formula is C23H31N3O5S2. The average molecular weight is 494 g/mol. The van der Waals surface area contributed by atoms with Gasteiger partial charge in [0.05, 0.1) is 24.1 Å². The number of thiophene rings is 1. The molecule has 1 fully saturated rings. The first-order valence-corrected chi connectivity index (χ1v) is 13.4. The van der Waals surface area contributed by atoms with Crippen LogP contribution in [0.4, 0.5) is 0 Å². The van der Waals surface area contributed by atoms with Crippen LogP contribution >= 0.6 is 11.3 Å². The molecule has 0 bridgehead atoms. The topological polar surface area (TPSA) is 105 Å². The Labute approximate surface area is 199 Å². The zero-order chi connectivity index (χ0) is 23.8. The molecule has 0 unspecified atom stereocenters. The number of rotatable bonds is 11. The van der Waals surface area contributed by atoms with Gasteiger partial charge in [0.15, 0.2) is 0 Å². The number of benzene rings is 1. The van der Waals surface area contributed by atoms with Gasteiger partial charge < -0.3 is 15.0 Å². The van der Waals surface area contributed by atoms with E-state index < -0.39 is 28.5 Å². The van der Waals surface area contributed by atoms with Crippen molar-refractivity contribution in [1.29, 1.82) is 0 Å². The van der Waals surface area contributed by atoms with Crippen LogP contribution in [0.25, 0.3) is 0 Å². The highest BCUT2D eigenvalue weighted by atomic mass is 32.2. The SMILES string of the molecule is CC(C)[C@H](C(=O)NC[C@H]1CCCO1)N(Cc1cccs1)C(=O)CNS(=O)(=O)c1ccccc1. The van der Waals surface area contributed by atoms with Crippen LogP contribution in [0.1, 0.15) is 31.6 Å². The molecule has 10 heteroatoms. The van der Waals surface area contributed by atoms with Crippen molar-refractivity contribution >= 4 is 33.2 Å². The summed E-state index contributed by atoms with van der Waals surface area (Å²) >= 11 is 1.48. The highest BCUT2D eigenvalue weighted by Crippen LogP contribution is 2.19. The average Bonchev–Trinajstić information content (AvgIpc) is 3.50. The molecule has 1 aliphatic heterocycles. The third-order valence-electron chi connectivity index (χ3n) is 5.46. The lowest BCUT2D eigenvalue weighted by Gasteiger charge is -2.33. The monoisotopic (exact) mass is 493 g/mol. The second-order valence-electron chi connectivity index (χ2n) is 8.31. The first kappa shape index (κ1) is 25.4. The molecule has 2 amide bonds. The van der Waals surface area contributed by atoms with Crippen molar-refractivity contribution in [2.75, 3.05) is 19.7 Å². The molecule has 1 aromatic heterocycles. The fourth-order valence-electron chi connectivity index (χ4n) is 3.78. The molecule has 2 N–H and O–H groups in total.